The van der Waals surface area contributed by atoms with E-state index in [-0.39, 0.29) is 12.2 Å². The summed E-state index contributed by atoms with van der Waals surface area (Å²) in [6.07, 6.45) is -4.42. The van der Waals surface area contributed by atoms with Gasteiger partial charge < -0.3 is 10.6 Å². The van der Waals surface area contributed by atoms with Gasteiger partial charge in [0, 0.05) is 19.3 Å². The predicted molar refractivity (Wildman–Crippen MR) is 78.6 cm³/mol. The van der Waals surface area contributed by atoms with E-state index in [1.807, 2.05) is 25.1 Å². The van der Waals surface area contributed by atoms with Crippen molar-refractivity contribution in [2.75, 3.05) is 11.9 Å². The molecule has 2 rings (SSSR count). The first-order chi connectivity index (χ1) is 9.82. The quantitative estimate of drug-likeness (QED) is 0.917. The Morgan fingerprint density at radius 2 is 1.81 bits per heavy atom. The van der Waals surface area contributed by atoms with Crippen molar-refractivity contribution >= 4 is 11.4 Å². The van der Waals surface area contributed by atoms with Crippen LogP contribution in [0.4, 0.5) is 24.5 Å². The number of benzene rings is 2. The van der Waals surface area contributed by atoms with Crippen molar-refractivity contribution in [1.82, 2.24) is 0 Å². The Kier molecular flexibility index (Phi) is 4.23. The van der Waals surface area contributed by atoms with Gasteiger partial charge in [0.25, 0.3) is 0 Å². The lowest BCUT2D eigenvalue weighted by atomic mass is 10.1. The number of hydrogen-bond acceptors (Lipinski definition) is 2. The Morgan fingerprint density at radius 3 is 2.38 bits per heavy atom. The van der Waals surface area contributed by atoms with E-state index in [2.05, 4.69) is 0 Å². The third-order valence-electron chi connectivity index (χ3n) is 3.35. The van der Waals surface area contributed by atoms with E-state index in [0.717, 1.165) is 11.6 Å². The van der Waals surface area contributed by atoms with Gasteiger partial charge in [-0.1, -0.05) is 18.2 Å². The van der Waals surface area contributed by atoms with Gasteiger partial charge in [-0.2, -0.15) is 13.2 Å². The van der Waals surface area contributed by atoms with Gasteiger partial charge in [-0.3, -0.25) is 0 Å². The molecule has 0 bridgehead atoms. The van der Waals surface area contributed by atoms with Crippen molar-refractivity contribution in [2.45, 2.75) is 19.6 Å². The van der Waals surface area contributed by atoms with Crippen molar-refractivity contribution in [3.8, 4) is 0 Å². The van der Waals surface area contributed by atoms with E-state index in [1.54, 1.807) is 19.2 Å². The molecule has 2 N–H and O–H groups in total. The van der Waals surface area contributed by atoms with Gasteiger partial charge in [-0.05, 0) is 42.3 Å². The van der Waals surface area contributed by atoms with Crippen LogP contribution in [0.25, 0.3) is 0 Å². The number of nitrogens with zero attached hydrogens (tertiary/aromatic N) is 1. The lowest BCUT2D eigenvalue weighted by Crippen LogP contribution is -2.17. The summed E-state index contributed by atoms with van der Waals surface area (Å²) in [6.45, 7) is 1.98. The van der Waals surface area contributed by atoms with Crippen LogP contribution in [0, 0.1) is 6.92 Å². The number of nitrogens with two attached hydrogens (primary N) is 1. The maximum Gasteiger partial charge on any atom is 0.418 e. The molecule has 0 fully saturated rings. The smallest absolute Gasteiger partial charge is 0.344 e. The molecular weight excluding hydrogens is 277 g/mol. The van der Waals surface area contributed by atoms with E-state index < -0.39 is 11.7 Å². The molecule has 0 heterocycles. The fraction of sp³-hybridized carbons (Fsp3) is 0.250. The van der Waals surface area contributed by atoms with Crippen LogP contribution in [0.15, 0.2) is 42.5 Å². The van der Waals surface area contributed by atoms with Gasteiger partial charge in [0.15, 0.2) is 0 Å². The molecule has 0 aromatic heterocycles. The minimum atomic E-state index is -4.42. The minimum Gasteiger partial charge on any atom is -0.344 e. The average Bonchev–Trinajstić information content (AvgIpc) is 2.45. The highest BCUT2D eigenvalue weighted by atomic mass is 19.4. The van der Waals surface area contributed by atoms with Crippen molar-refractivity contribution in [1.29, 1.82) is 0 Å². The molecule has 0 aliphatic carbocycles. The number of alkyl halides is 3. The zero-order chi connectivity index (χ0) is 15.6. The van der Waals surface area contributed by atoms with Gasteiger partial charge >= 0.3 is 6.18 Å². The number of aryl methyl sites for hydroxylation is 1. The van der Waals surface area contributed by atoms with Gasteiger partial charge in [-0.25, -0.2) is 0 Å². The normalized spacial score (nSPS) is 11.5. The first kappa shape index (κ1) is 15.4. The molecule has 5 heteroatoms. The zero-order valence-electron chi connectivity index (χ0n) is 11.9. The van der Waals surface area contributed by atoms with E-state index in [4.69, 9.17) is 5.73 Å². The summed E-state index contributed by atoms with van der Waals surface area (Å²) in [5.41, 5.74) is 7.05. The van der Waals surface area contributed by atoms with E-state index in [1.165, 1.54) is 11.0 Å². The third kappa shape index (κ3) is 3.36. The van der Waals surface area contributed by atoms with Crippen LogP contribution in [-0.2, 0) is 12.7 Å². The van der Waals surface area contributed by atoms with Crippen LogP contribution in [0.3, 0.4) is 0 Å². The highest BCUT2D eigenvalue weighted by Crippen LogP contribution is 2.39. The Balaban J connectivity index is 2.52. The van der Waals surface area contributed by atoms with E-state index in [9.17, 15) is 13.2 Å². The Hall–Kier alpha value is -2.01. The highest BCUT2D eigenvalue weighted by molar-refractivity contribution is 5.67. The van der Waals surface area contributed by atoms with Crippen molar-refractivity contribution in [3.63, 3.8) is 0 Å². The average molecular weight is 294 g/mol. The molecule has 112 valence electrons. The lowest BCUT2D eigenvalue weighted by molar-refractivity contribution is -0.137. The monoisotopic (exact) mass is 294 g/mol. The van der Waals surface area contributed by atoms with Gasteiger partial charge in [0.05, 0.1) is 11.3 Å². The summed E-state index contributed by atoms with van der Waals surface area (Å²) in [7, 11) is 1.63. The maximum absolute atomic E-state index is 13.3. The molecule has 0 aliphatic heterocycles. The molecule has 0 amide bonds. The van der Waals surface area contributed by atoms with Crippen molar-refractivity contribution in [2.24, 2.45) is 5.73 Å². The Morgan fingerprint density at radius 1 is 1.10 bits per heavy atom. The molecule has 0 spiro atoms. The third-order valence-corrected chi connectivity index (χ3v) is 3.35. The van der Waals surface area contributed by atoms with Crippen LogP contribution in [0.5, 0.6) is 0 Å². The molecule has 0 saturated heterocycles. The molecule has 2 aromatic rings. The molecule has 2 nitrogen and oxygen atoms in total. The second kappa shape index (κ2) is 5.77. The Bertz CT molecular complexity index is 636. The lowest BCUT2D eigenvalue weighted by Gasteiger charge is -2.24. The molecule has 0 aliphatic rings. The van der Waals surface area contributed by atoms with Crippen molar-refractivity contribution < 1.29 is 13.2 Å². The molecular formula is C16H17F3N2. The summed E-state index contributed by atoms with van der Waals surface area (Å²) < 4.78 is 39.8. The van der Waals surface area contributed by atoms with Gasteiger partial charge in [-0.15, -0.1) is 0 Å². The second-order valence-corrected chi connectivity index (χ2v) is 4.95. The first-order valence-corrected chi connectivity index (χ1v) is 6.53. The standard InChI is InChI=1S/C16H17F3N2/c1-11-4-3-5-13(8-11)21(2)15-7-6-12(10-20)9-14(15)16(17,18)19/h3-9H,10,20H2,1-2H3. The van der Waals surface area contributed by atoms with E-state index in [0.29, 0.717) is 11.3 Å². The summed E-state index contributed by atoms with van der Waals surface area (Å²) in [4.78, 5) is 1.54. The number of rotatable bonds is 3. The Labute approximate surface area is 122 Å². The van der Waals surface area contributed by atoms with Crippen molar-refractivity contribution in [3.05, 3.63) is 59.2 Å². The van der Waals surface area contributed by atoms with Crippen LogP contribution < -0.4 is 10.6 Å². The molecule has 0 saturated carbocycles. The van der Waals surface area contributed by atoms with Crippen LogP contribution in [0.2, 0.25) is 0 Å². The van der Waals surface area contributed by atoms with E-state index >= 15 is 0 Å². The van der Waals surface area contributed by atoms with Crippen LogP contribution in [-0.4, -0.2) is 7.05 Å². The molecule has 2 aromatic carbocycles. The highest BCUT2D eigenvalue weighted by Gasteiger charge is 2.34. The van der Waals surface area contributed by atoms with Crippen LogP contribution in [0.1, 0.15) is 16.7 Å². The minimum absolute atomic E-state index is 0.0809. The fourth-order valence-corrected chi connectivity index (χ4v) is 2.21. The zero-order valence-corrected chi connectivity index (χ0v) is 11.9. The summed E-state index contributed by atoms with van der Waals surface area (Å²) in [6, 6.07) is 11.6. The van der Waals surface area contributed by atoms with Gasteiger partial charge in [0.2, 0.25) is 0 Å². The maximum atomic E-state index is 13.3. The molecule has 21 heavy (non-hydrogen) atoms. The molecule has 0 radical (unpaired) electrons. The van der Waals surface area contributed by atoms with Gasteiger partial charge in [0.1, 0.15) is 0 Å². The summed E-state index contributed by atoms with van der Waals surface area (Å²) in [5, 5.41) is 0. The molecule has 0 unspecified atom stereocenters. The van der Waals surface area contributed by atoms with Crippen LogP contribution >= 0.6 is 0 Å². The fourth-order valence-electron chi connectivity index (χ4n) is 2.21. The first-order valence-electron chi connectivity index (χ1n) is 6.53. The summed E-state index contributed by atoms with van der Waals surface area (Å²) in [5.74, 6) is 0. The SMILES string of the molecule is Cc1cccc(N(C)c2ccc(CN)cc2C(F)(F)F)c1. The number of anilines is 2. The number of hydrogen-bond donors (Lipinski definition) is 1. The largest absolute Gasteiger partial charge is 0.418 e. The number of halogens is 3. The summed E-state index contributed by atoms with van der Waals surface area (Å²) >= 11 is 0. The topological polar surface area (TPSA) is 29.3 Å². The predicted octanol–water partition coefficient (Wildman–Crippen LogP) is 4.24. The molecule has 0 atom stereocenters. The second-order valence-electron chi connectivity index (χ2n) is 4.95.